The van der Waals surface area contributed by atoms with Gasteiger partial charge >= 0.3 is 6.18 Å². The zero-order valence-electron chi connectivity index (χ0n) is 10.5. The predicted octanol–water partition coefficient (Wildman–Crippen LogP) is 1.71. The summed E-state index contributed by atoms with van der Waals surface area (Å²) in [5, 5.41) is 0. The van der Waals surface area contributed by atoms with Gasteiger partial charge in [0.2, 0.25) is 5.88 Å². The summed E-state index contributed by atoms with van der Waals surface area (Å²) in [4.78, 5) is 17.2. The number of alkyl halides is 3. The third-order valence-electron chi connectivity index (χ3n) is 2.66. The van der Waals surface area contributed by atoms with Crippen LogP contribution in [0.3, 0.4) is 0 Å². The molecule has 0 aliphatic rings. The number of aromatic nitrogens is 2. The van der Waals surface area contributed by atoms with Gasteiger partial charge in [-0.25, -0.2) is 4.98 Å². The number of nitrogen functional groups attached to an aromatic ring is 1. The molecular weight excluding hydrogens is 289 g/mol. The second-order valence-electron chi connectivity index (χ2n) is 4.14. The van der Waals surface area contributed by atoms with E-state index in [0.717, 1.165) is 6.33 Å². The van der Waals surface area contributed by atoms with Gasteiger partial charge in [0, 0.05) is 0 Å². The van der Waals surface area contributed by atoms with Crippen molar-refractivity contribution in [3.05, 3.63) is 46.5 Å². The Labute approximate surface area is 116 Å². The molecule has 0 bridgehead atoms. The number of benzene rings is 1. The number of H-pyrrole nitrogens is 1. The minimum absolute atomic E-state index is 0.110. The first-order valence-electron chi connectivity index (χ1n) is 5.72. The highest BCUT2D eigenvalue weighted by atomic mass is 19.4. The molecule has 5 N–H and O–H groups in total. The number of nitrogens with one attached hydrogen (secondary N) is 1. The zero-order chi connectivity index (χ0) is 15.6. The molecule has 9 heteroatoms. The summed E-state index contributed by atoms with van der Waals surface area (Å²) in [5.74, 6) is 0.0459. The lowest BCUT2D eigenvalue weighted by molar-refractivity contribution is -0.149. The standard InChI is InChI=1S/C12H11F3N4O2/c13-12(14,15)9(17)6-1-3-7(4-2-6)21-11-8(16)10(20)18-5-19-11/h1-5,9H,16-17H2,(H,18,19,20). The van der Waals surface area contributed by atoms with E-state index in [1.54, 1.807) is 0 Å². The molecule has 1 aromatic heterocycles. The fourth-order valence-electron chi connectivity index (χ4n) is 1.52. The van der Waals surface area contributed by atoms with Crippen molar-refractivity contribution in [2.24, 2.45) is 5.73 Å². The van der Waals surface area contributed by atoms with E-state index in [0.29, 0.717) is 0 Å². The van der Waals surface area contributed by atoms with Crippen LogP contribution >= 0.6 is 0 Å². The number of nitrogens with two attached hydrogens (primary N) is 2. The fourth-order valence-corrected chi connectivity index (χ4v) is 1.52. The van der Waals surface area contributed by atoms with E-state index in [2.05, 4.69) is 9.97 Å². The molecular formula is C12H11F3N4O2. The maximum Gasteiger partial charge on any atom is 0.407 e. The van der Waals surface area contributed by atoms with Crippen LogP contribution in [0.5, 0.6) is 11.6 Å². The topological polar surface area (TPSA) is 107 Å². The Kier molecular flexibility index (Phi) is 3.85. The minimum Gasteiger partial charge on any atom is -0.437 e. The molecule has 0 fully saturated rings. The predicted molar refractivity (Wildman–Crippen MR) is 68.8 cm³/mol. The van der Waals surface area contributed by atoms with Gasteiger partial charge in [0.1, 0.15) is 11.8 Å². The summed E-state index contributed by atoms with van der Waals surface area (Å²) in [6.45, 7) is 0. The van der Waals surface area contributed by atoms with Gasteiger partial charge in [-0.2, -0.15) is 13.2 Å². The van der Waals surface area contributed by atoms with Crippen LogP contribution in [0.25, 0.3) is 0 Å². The Morgan fingerprint density at radius 1 is 1.24 bits per heavy atom. The van der Waals surface area contributed by atoms with Crippen LogP contribution in [0.15, 0.2) is 35.4 Å². The maximum atomic E-state index is 12.5. The number of rotatable bonds is 3. The Balaban J connectivity index is 2.20. The quantitative estimate of drug-likeness (QED) is 0.800. The molecule has 1 heterocycles. The molecule has 0 radical (unpaired) electrons. The Bertz CT molecular complexity index is 682. The number of hydrogen-bond donors (Lipinski definition) is 3. The van der Waals surface area contributed by atoms with E-state index in [4.69, 9.17) is 16.2 Å². The number of aromatic amines is 1. The van der Waals surface area contributed by atoms with Gasteiger partial charge in [-0.15, -0.1) is 0 Å². The van der Waals surface area contributed by atoms with Gasteiger partial charge in [-0.1, -0.05) is 12.1 Å². The number of halogens is 3. The average Bonchev–Trinajstić information content (AvgIpc) is 2.43. The average molecular weight is 300 g/mol. The van der Waals surface area contributed by atoms with E-state index in [1.807, 2.05) is 0 Å². The summed E-state index contributed by atoms with van der Waals surface area (Å²) in [7, 11) is 0. The van der Waals surface area contributed by atoms with Gasteiger partial charge in [-0.05, 0) is 17.7 Å². The van der Waals surface area contributed by atoms with Crippen LogP contribution in [0, 0.1) is 0 Å². The van der Waals surface area contributed by atoms with E-state index in [-0.39, 0.29) is 22.9 Å². The number of ether oxygens (including phenoxy) is 1. The van der Waals surface area contributed by atoms with Gasteiger partial charge in [0.05, 0.1) is 6.33 Å². The van der Waals surface area contributed by atoms with Crippen molar-refractivity contribution in [3.8, 4) is 11.6 Å². The molecule has 2 rings (SSSR count). The highest BCUT2D eigenvalue weighted by Gasteiger charge is 2.37. The van der Waals surface area contributed by atoms with Crippen LogP contribution in [-0.4, -0.2) is 16.1 Å². The largest absolute Gasteiger partial charge is 0.437 e. The summed E-state index contributed by atoms with van der Waals surface area (Å²) in [5.41, 5.74) is 9.63. The molecule has 0 amide bonds. The highest BCUT2D eigenvalue weighted by molar-refractivity contribution is 5.47. The first-order chi connectivity index (χ1) is 9.79. The molecule has 0 saturated heterocycles. The molecule has 0 spiro atoms. The molecule has 1 unspecified atom stereocenters. The van der Waals surface area contributed by atoms with Crippen molar-refractivity contribution in [2.75, 3.05) is 5.73 Å². The summed E-state index contributed by atoms with van der Waals surface area (Å²) in [6.07, 6.45) is -3.43. The van der Waals surface area contributed by atoms with Crippen molar-refractivity contribution in [1.29, 1.82) is 0 Å². The van der Waals surface area contributed by atoms with Gasteiger partial charge in [0.15, 0.2) is 5.69 Å². The van der Waals surface area contributed by atoms with E-state index >= 15 is 0 Å². The molecule has 6 nitrogen and oxygen atoms in total. The van der Waals surface area contributed by atoms with Crippen LogP contribution in [0.1, 0.15) is 11.6 Å². The van der Waals surface area contributed by atoms with Crippen LogP contribution in [-0.2, 0) is 0 Å². The van der Waals surface area contributed by atoms with E-state index in [1.165, 1.54) is 24.3 Å². The molecule has 0 aliphatic carbocycles. The van der Waals surface area contributed by atoms with E-state index < -0.39 is 17.8 Å². The van der Waals surface area contributed by atoms with Crippen LogP contribution in [0.4, 0.5) is 18.9 Å². The maximum absolute atomic E-state index is 12.5. The lowest BCUT2D eigenvalue weighted by atomic mass is 10.1. The van der Waals surface area contributed by atoms with Crippen LogP contribution in [0.2, 0.25) is 0 Å². The molecule has 0 saturated carbocycles. The molecule has 2 aromatic rings. The van der Waals surface area contributed by atoms with Crippen molar-refractivity contribution < 1.29 is 17.9 Å². The number of nitrogens with zero attached hydrogens (tertiary/aromatic N) is 1. The second-order valence-corrected chi connectivity index (χ2v) is 4.14. The van der Waals surface area contributed by atoms with Crippen molar-refractivity contribution in [1.82, 2.24) is 9.97 Å². The van der Waals surface area contributed by atoms with E-state index in [9.17, 15) is 18.0 Å². The highest BCUT2D eigenvalue weighted by Crippen LogP contribution is 2.31. The van der Waals surface area contributed by atoms with Crippen LogP contribution < -0.4 is 21.8 Å². The van der Waals surface area contributed by atoms with Gasteiger partial charge < -0.3 is 21.2 Å². The Morgan fingerprint density at radius 2 is 1.86 bits per heavy atom. The lowest BCUT2D eigenvalue weighted by Crippen LogP contribution is -2.28. The third kappa shape index (κ3) is 3.31. The summed E-state index contributed by atoms with van der Waals surface area (Å²) >= 11 is 0. The number of anilines is 1. The smallest absolute Gasteiger partial charge is 0.407 e. The molecule has 0 aliphatic heterocycles. The minimum atomic E-state index is -4.53. The van der Waals surface area contributed by atoms with Crippen molar-refractivity contribution in [3.63, 3.8) is 0 Å². The summed E-state index contributed by atoms with van der Waals surface area (Å²) in [6, 6.07) is 2.84. The first kappa shape index (κ1) is 14.9. The molecule has 21 heavy (non-hydrogen) atoms. The number of hydrogen-bond acceptors (Lipinski definition) is 5. The third-order valence-corrected chi connectivity index (χ3v) is 2.66. The molecule has 1 atom stereocenters. The normalized spacial score (nSPS) is 13.0. The van der Waals surface area contributed by atoms with Crippen molar-refractivity contribution in [2.45, 2.75) is 12.2 Å². The van der Waals surface area contributed by atoms with Crippen molar-refractivity contribution >= 4 is 5.69 Å². The molecule has 1 aromatic carbocycles. The lowest BCUT2D eigenvalue weighted by Gasteiger charge is -2.16. The SMILES string of the molecule is Nc1c(Oc2ccc(C(N)C(F)(F)F)cc2)nc[nH]c1=O. The Morgan fingerprint density at radius 3 is 2.43 bits per heavy atom. The Hall–Kier alpha value is -2.55. The van der Waals surface area contributed by atoms with Gasteiger partial charge in [-0.3, -0.25) is 4.79 Å². The monoisotopic (exact) mass is 300 g/mol. The first-order valence-corrected chi connectivity index (χ1v) is 5.72. The van der Waals surface area contributed by atoms with Gasteiger partial charge in [0.25, 0.3) is 5.56 Å². The fraction of sp³-hybridized carbons (Fsp3) is 0.167. The zero-order valence-corrected chi connectivity index (χ0v) is 10.5. The summed E-state index contributed by atoms with van der Waals surface area (Å²) < 4.78 is 42.6. The molecule has 112 valence electrons. The second kappa shape index (κ2) is 5.44.